The number of halogens is 1. The summed E-state index contributed by atoms with van der Waals surface area (Å²) < 4.78 is 15.9. The van der Waals surface area contributed by atoms with Gasteiger partial charge < -0.3 is 13.9 Å². The van der Waals surface area contributed by atoms with Crippen molar-refractivity contribution < 1.29 is 18.7 Å². The molecule has 2 heterocycles. The van der Waals surface area contributed by atoms with Crippen LogP contribution in [0.4, 0.5) is 0 Å². The highest BCUT2D eigenvalue weighted by Gasteiger charge is 2.24. The van der Waals surface area contributed by atoms with Crippen LogP contribution in [0.3, 0.4) is 0 Å². The number of epoxide rings is 1. The summed E-state index contributed by atoms with van der Waals surface area (Å²) in [5, 5.41) is 1.11. The fourth-order valence-electron chi connectivity index (χ4n) is 1.69. The molecule has 0 aliphatic carbocycles. The molecule has 1 fully saturated rings. The lowest BCUT2D eigenvalue weighted by molar-refractivity contribution is 0.111. The highest BCUT2D eigenvalue weighted by molar-refractivity contribution is 6.35. The first-order chi connectivity index (χ1) is 8.29. The maximum Gasteiger partial charge on any atom is 0.156 e. The maximum absolute atomic E-state index is 11.0. The number of fused-ring (bicyclic) bond motifs is 1. The van der Waals surface area contributed by atoms with Crippen LogP contribution in [0.5, 0.6) is 5.75 Å². The molecule has 1 aromatic carbocycles. The highest BCUT2D eigenvalue weighted by atomic mass is 35.5. The third kappa shape index (κ3) is 1.90. The summed E-state index contributed by atoms with van der Waals surface area (Å²) in [5.41, 5.74) is 0.952. The van der Waals surface area contributed by atoms with E-state index in [1.54, 1.807) is 12.1 Å². The summed E-state index contributed by atoms with van der Waals surface area (Å²) in [4.78, 5) is 11.0. The van der Waals surface area contributed by atoms with E-state index in [1.165, 1.54) is 6.26 Å². The molecule has 1 saturated heterocycles. The number of ether oxygens (including phenoxy) is 2. The van der Waals surface area contributed by atoms with Gasteiger partial charge in [0.1, 0.15) is 18.5 Å². The molecule has 1 aliphatic rings. The number of carbonyl (C=O) groups is 1. The molecule has 1 atom stereocenters. The molecule has 3 rings (SSSR count). The molecule has 17 heavy (non-hydrogen) atoms. The van der Waals surface area contributed by atoms with Crippen molar-refractivity contribution in [3.8, 4) is 5.75 Å². The Morgan fingerprint density at radius 2 is 2.41 bits per heavy atom. The number of rotatable bonds is 4. The molecule has 1 aliphatic heterocycles. The van der Waals surface area contributed by atoms with Crippen LogP contribution >= 0.6 is 11.6 Å². The van der Waals surface area contributed by atoms with Crippen LogP contribution in [0.15, 0.2) is 22.8 Å². The van der Waals surface area contributed by atoms with E-state index in [0.717, 1.165) is 6.29 Å². The number of furan rings is 1. The summed E-state index contributed by atoms with van der Waals surface area (Å²) in [7, 11) is 0. The molecular formula is C12H9ClO4. The van der Waals surface area contributed by atoms with E-state index < -0.39 is 0 Å². The van der Waals surface area contributed by atoms with Crippen molar-refractivity contribution in [2.45, 2.75) is 6.10 Å². The van der Waals surface area contributed by atoms with Crippen LogP contribution in [-0.2, 0) is 4.74 Å². The fraction of sp³-hybridized carbons (Fsp3) is 0.250. The van der Waals surface area contributed by atoms with Crippen molar-refractivity contribution in [1.29, 1.82) is 0 Å². The normalized spacial score (nSPS) is 18.3. The molecule has 0 amide bonds. The predicted molar refractivity (Wildman–Crippen MR) is 61.8 cm³/mol. The molecular weight excluding hydrogens is 244 g/mol. The predicted octanol–water partition coefficient (Wildman–Crippen LogP) is 2.68. The van der Waals surface area contributed by atoms with E-state index in [1.807, 2.05) is 0 Å². The van der Waals surface area contributed by atoms with Crippen LogP contribution in [0, 0.1) is 0 Å². The van der Waals surface area contributed by atoms with Gasteiger partial charge in [0, 0.05) is 0 Å². The molecule has 0 radical (unpaired) electrons. The smallest absolute Gasteiger partial charge is 0.156 e. The second kappa shape index (κ2) is 4.05. The van der Waals surface area contributed by atoms with Crippen LogP contribution in [0.25, 0.3) is 11.0 Å². The molecule has 4 nitrogen and oxygen atoms in total. The first kappa shape index (κ1) is 10.6. The summed E-state index contributed by atoms with van der Waals surface area (Å²) in [6.07, 6.45) is 2.37. The van der Waals surface area contributed by atoms with Gasteiger partial charge in [-0.2, -0.15) is 0 Å². The SMILES string of the molecule is O=Cc1cc(Cl)c2occc2c1OCC1CO1. The molecule has 0 N–H and O–H groups in total. The fourth-order valence-corrected chi connectivity index (χ4v) is 1.95. The van der Waals surface area contributed by atoms with Gasteiger partial charge in [-0.15, -0.1) is 0 Å². The van der Waals surface area contributed by atoms with Crippen LogP contribution in [-0.4, -0.2) is 25.6 Å². The number of carbonyl (C=O) groups excluding carboxylic acids is 1. The Kier molecular flexibility index (Phi) is 2.53. The maximum atomic E-state index is 11.0. The zero-order chi connectivity index (χ0) is 11.8. The number of aldehydes is 1. The third-order valence-corrected chi connectivity index (χ3v) is 2.89. The van der Waals surface area contributed by atoms with Crippen LogP contribution in [0.1, 0.15) is 10.4 Å². The van der Waals surface area contributed by atoms with Crippen molar-refractivity contribution in [3.05, 3.63) is 29.0 Å². The first-order valence-corrected chi connectivity index (χ1v) is 5.56. The van der Waals surface area contributed by atoms with Gasteiger partial charge in [-0.3, -0.25) is 4.79 Å². The number of benzene rings is 1. The standard InChI is InChI=1S/C12H9ClO4/c13-10-3-7(4-14)11(17-6-8-5-16-8)9-1-2-15-12(9)10/h1-4,8H,5-6H2. The van der Waals surface area contributed by atoms with E-state index in [-0.39, 0.29) is 6.10 Å². The summed E-state index contributed by atoms with van der Waals surface area (Å²) in [6, 6.07) is 3.28. The quantitative estimate of drug-likeness (QED) is 0.620. The zero-order valence-electron chi connectivity index (χ0n) is 8.81. The molecule has 5 heteroatoms. The Balaban J connectivity index is 2.07. The minimum atomic E-state index is 0.132. The Bertz CT molecular complexity index is 571. The van der Waals surface area contributed by atoms with Crippen molar-refractivity contribution in [2.24, 2.45) is 0 Å². The Labute approximate surface area is 102 Å². The Hall–Kier alpha value is -1.52. The Morgan fingerprint density at radius 1 is 1.59 bits per heavy atom. The minimum Gasteiger partial charge on any atom is -0.489 e. The van der Waals surface area contributed by atoms with Crippen LogP contribution in [0.2, 0.25) is 5.02 Å². The zero-order valence-corrected chi connectivity index (χ0v) is 9.57. The lowest BCUT2D eigenvalue weighted by Crippen LogP contribution is -2.06. The van der Waals surface area contributed by atoms with Crippen molar-refractivity contribution in [3.63, 3.8) is 0 Å². The number of hydrogen-bond donors (Lipinski definition) is 0. The number of hydrogen-bond acceptors (Lipinski definition) is 4. The molecule has 1 aromatic heterocycles. The van der Waals surface area contributed by atoms with E-state index in [0.29, 0.717) is 40.5 Å². The average Bonchev–Trinajstić information content (AvgIpc) is 3.02. The van der Waals surface area contributed by atoms with E-state index in [4.69, 9.17) is 25.5 Å². The van der Waals surface area contributed by atoms with Crippen LogP contribution < -0.4 is 4.74 Å². The van der Waals surface area contributed by atoms with Gasteiger partial charge in [0.2, 0.25) is 0 Å². The molecule has 0 bridgehead atoms. The average molecular weight is 253 g/mol. The van der Waals surface area contributed by atoms with E-state index in [9.17, 15) is 4.79 Å². The van der Waals surface area contributed by atoms with Crippen molar-refractivity contribution >= 4 is 28.9 Å². The van der Waals surface area contributed by atoms with Gasteiger partial charge >= 0.3 is 0 Å². The molecule has 2 aromatic rings. The topological polar surface area (TPSA) is 52.0 Å². The van der Waals surface area contributed by atoms with Crippen molar-refractivity contribution in [1.82, 2.24) is 0 Å². The third-order valence-electron chi connectivity index (χ3n) is 2.61. The van der Waals surface area contributed by atoms with Crippen molar-refractivity contribution in [2.75, 3.05) is 13.2 Å². The van der Waals surface area contributed by atoms with E-state index in [2.05, 4.69) is 0 Å². The van der Waals surface area contributed by atoms with Gasteiger partial charge in [-0.25, -0.2) is 0 Å². The van der Waals surface area contributed by atoms with Gasteiger partial charge in [0.05, 0.1) is 28.8 Å². The summed E-state index contributed by atoms with van der Waals surface area (Å²) >= 11 is 6.00. The lowest BCUT2D eigenvalue weighted by atomic mass is 10.1. The second-order valence-electron chi connectivity index (χ2n) is 3.82. The van der Waals surface area contributed by atoms with Gasteiger partial charge in [-0.05, 0) is 12.1 Å². The van der Waals surface area contributed by atoms with E-state index >= 15 is 0 Å². The van der Waals surface area contributed by atoms with Gasteiger partial charge in [0.25, 0.3) is 0 Å². The Morgan fingerprint density at radius 3 is 3.12 bits per heavy atom. The summed E-state index contributed by atoms with van der Waals surface area (Å²) in [5.74, 6) is 0.503. The minimum absolute atomic E-state index is 0.132. The first-order valence-electron chi connectivity index (χ1n) is 5.19. The monoisotopic (exact) mass is 252 g/mol. The largest absolute Gasteiger partial charge is 0.489 e. The second-order valence-corrected chi connectivity index (χ2v) is 4.23. The molecule has 1 unspecified atom stereocenters. The molecule has 88 valence electrons. The highest BCUT2D eigenvalue weighted by Crippen LogP contribution is 2.35. The van der Waals surface area contributed by atoms with Gasteiger partial charge in [0.15, 0.2) is 11.9 Å². The summed E-state index contributed by atoms with van der Waals surface area (Å²) in [6.45, 7) is 1.14. The lowest BCUT2D eigenvalue weighted by Gasteiger charge is -2.08. The molecule has 0 saturated carbocycles. The van der Waals surface area contributed by atoms with Gasteiger partial charge in [-0.1, -0.05) is 11.6 Å². The molecule has 0 spiro atoms.